The number of alkyl halides is 3. The van der Waals surface area contributed by atoms with Crippen molar-refractivity contribution in [3.63, 3.8) is 0 Å². The molecular formula is C20H21F3N6O2. The Morgan fingerprint density at radius 3 is 2.68 bits per heavy atom. The number of nitrogens with one attached hydrogen (secondary N) is 1. The maximum atomic E-state index is 10.6. The third-order valence-electron chi connectivity index (χ3n) is 5.56. The van der Waals surface area contributed by atoms with Gasteiger partial charge in [-0.05, 0) is 24.3 Å². The molecule has 0 spiro atoms. The molecule has 0 amide bonds. The molecule has 3 aromatic heterocycles. The number of aromatic nitrogens is 5. The topological polar surface area (TPSA) is 120 Å². The van der Waals surface area contributed by atoms with Crippen molar-refractivity contribution in [3.8, 4) is 17.5 Å². The van der Waals surface area contributed by atoms with Gasteiger partial charge in [-0.1, -0.05) is 19.8 Å². The van der Waals surface area contributed by atoms with Gasteiger partial charge in [0.25, 0.3) is 0 Å². The minimum absolute atomic E-state index is 0.105. The van der Waals surface area contributed by atoms with E-state index < -0.39 is 12.1 Å². The molecule has 11 heteroatoms. The van der Waals surface area contributed by atoms with E-state index in [1.165, 1.54) is 12.8 Å². The minimum Gasteiger partial charge on any atom is -0.475 e. The fraction of sp³-hybridized carbons (Fsp3) is 0.450. The molecule has 1 saturated carbocycles. The van der Waals surface area contributed by atoms with Gasteiger partial charge in [0, 0.05) is 24.0 Å². The van der Waals surface area contributed by atoms with Crippen LogP contribution >= 0.6 is 0 Å². The van der Waals surface area contributed by atoms with Crippen LogP contribution in [0.25, 0.3) is 22.4 Å². The number of carboxylic acid groups (broad SMARTS) is 1. The highest BCUT2D eigenvalue weighted by molar-refractivity contribution is 5.76. The van der Waals surface area contributed by atoms with Crippen LogP contribution in [0.5, 0.6) is 0 Å². The van der Waals surface area contributed by atoms with Crippen molar-refractivity contribution < 1.29 is 23.1 Å². The van der Waals surface area contributed by atoms with Crippen LogP contribution in [0.4, 0.5) is 13.2 Å². The summed E-state index contributed by atoms with van der Waals surface area (Å²) >= 11 is 0. The van der Waals surface area contributed by atoms with Gasteiger partial charge >= 0.3 is 12.1 Å². The summed E-state index contributed by atoms with van der Waals surface area (Å²) < 4.78 is 33.7. The van der Waals surface area contributed by atoms with Gasteiger partial charge in [-0.2, -0.15) is 23.5 Å². The lowest BCUT2D eigenvalue weighted by Gasteiger charge is -2.32. The van der Waals surface area contributed by atoms with Crippen molar-refractivity contribution in [1.82, 2.24) is 24.7 Å². The first-order valence-electron chi connectivity index (χ1n) is 9.66. The molecule has 0 aromatic carbocycles. The summed E-state index contributed by atoms with van der Waals surface area (Å²) in [6, 6.07) is 4.40. The maximum absolute atomic E-state index is 10.6. The number of carbonyl (C=O) groups is 1. The second kappa shape index (κ2) is 8.75. The summed E-state index contributed by atoms with van der Waals surface area (Å²) in [5.74, 6) is -2.10. The predicted molar refractivity (Wildman–Crippen MR) is 105 cm³/mol. The smallest absolute Gasteiger partial charge is 0.475 e. The van der Waals surface area contributed by atoms with Gasteiger partial charge in [-0.25, -0.2) is 14.8 Å². The number of rotatable bonds is 4. The molecule has 0 radical (unpaired) electrons. The third-order valence-corrected chi connectivity index (χ3v) is 5.56. The molecule has 3 aromatic rings. The molecular weight excluding hydrogens is 413 g/mol. The zero-order chi connectivity index (χ0) is 22.6. The second-order valence-electron chi connectivity index (χ2n) is 7.73. The van der Waals surface area contributed by atoms with E-state index in [-0.39, 0.29) is 11.5 Å². The van der Waals surface area contributed by atoms with Crippen LogP contribution in [0.2, 0.25) is 0 Å². The molecule has 164 valence electrons. The zero-order valence-electron chi connectivity index (χ0n) is 16.7. The highest BCUT2D eigenvalue weighted by Crippen LogP contribution is 2.47. The number of nitrogens with zero attached hydrogens (tertiary/aromatic N) is 5. The third kappa shape index (κ3) is 5.02. The van der Waals surface area contributed by atoms with Gasteiger partial charge in [0.05, 0.1) is 30.3 Å². The lowest BCUT2D eigenvalue weighted by atomic mass is 9.79. The Hall–Kier alpha value is -3.42. The van der Waals surface area contributed by atoms with Crippen LogP contribution in [0.1, 0.15) is 45.1 Å². The van der Waals surface area contributed by atoms with Crippen molar-refractivity contribution in [3.05, 3.63) is 30.9 Å². The van der Waals surface area contributed by atoms with E-state index in [4.69, 9.17) is 9.90 Å². The number of hydrogen-bond acceptors (Lipinski definition) is 5. The zero-order valence-corrected chi connectivity index (χ0v) is 16.7. The van der Waals surface area contributed by atoms with Crippen molar-refractivity contribution in [2.45, 2.75) is 51.2 Å². The van der Waals surface area contributed by atoms with Crippen LogP contribution in [0.3, 0.4) is 0 Å². The molecule has 31 heavy (non-hydrogen) atoms. The number of carboxylic acids is 1. The summed E-state index contributed by atoms with van der Waals surface area (Å²) in [7, 11) is 0. The Labute approximate surface area is 175 Å². The first-order chi connectivity index (χ1) is 14.6. The first kappa shape index (κ1) is 22.3. The SMILES string of the molecule is CC1(C(CC#N)n2cc(-c3ncc4cc[nH]c4n3)cn2)CCCC1.O=C(O)C(F)(F)F. The molecule has 3 heterocycles. The summed E-state index contributed by atoms with van der Waals surface area (Å²) in [5, 5.41) is 21.9. The average Bonchev–Trinajstić information content (AvgIpc) is 3.46. The maximum Gasteiger partial charge on any atom is 0.490 e. The molecule has 4 rings (SSSR count). The van der Waals surface area contributed by atoms with Crippen LogP contribution in [0.15, 0.2) is 30.9 Å². The van der Waals surface area contributed by atoms with E-state index in [1.54, 1.807) is 6.20 Å². The molecule has 2 N–H and O–H groups in total. The first-order valence-corrected chi connectivity index (χ1v) is 9.66. The lowest BCUT2D eigenvalue weighted by Crippen LogP contribution is -2.27. The van der Waals surface area contributed by atoms with Gasteiger partial charge in [-0.3, -0.25) is 4.68 Å². The Bertz CT molecular complexity index is 1090. The van der Waals surface area contributed by atoms with Crippen LogP contribution in [-0.2, 0) is 4.79 Å². The van der Waals surface area contributed by atoms with E-state index in [9.17, 15) is 18.4 Å². The molecule has 1 aliphatic carbocycles. The Morgan fingerprint density at radius 2 is 2.06 bits per heavy atom. The molecule has 0 bridgehead atoms. The molecule has 1 aliphatic rings. The Morgan fingerprint density at radius 1 is 1.39 bits per heavy atom. The number of aliphatic carboxylic acids is 1. The number of fused-ring (bicyclic) bond motifs is 1. The largest absolute Gasteiger partial charge is 0.490 e. The summed E-state index contributed by atoms with van der Waals surface area (Å²) in [5.41, 5.74) is 1.85. The highest BCUT2D eigenvalue weighted by Gasteiger charge is 2.39. The quantitative estimate of drug-likeness (QED) is 0.624. The van der Waals surface area contributed by atoms with Gasteiger partial charge in [0.15, 0.2) is 5.82 Å². The van der Waals surface area contributed by atoms with Crippen molar-refractivity contribution >= 4 is 17.0 Å². The highest BCUT2D eigenvalue weighted by atomic mass is 19.4. The monoisotopic (exact) mass is 434 g/mol. The molecule has 8 nitrogen and oxygen atoms in total. The molecule has 1 unspecified atom stereocenters. The molecule has 0 aliphatic heterocycles. The normalized spacial score (nSPS) is 16.4. The molecule has 1 fully saturated rings. The number of hydrogen-bond donors (Lipinski definition) is 2. The van der Waals surface area contributed by atoms with E-state index in [2.05, 4.69) is 33.0 Å². The summed E-state index contributed by atoms with van der Waals surface area (Å²) in [6.07, 6.45) is 7.63. The van der Waals surface area contributed by atoms with Gasteiger partial charge < -0.3 is 10.1 Å². The fourth-order valence-corrected chi connectivity index (χ4v) is 3.86. The van der Waals surface area contributed by atoms with Gasteiger partial charge in [-0.15, -0.1) is 0 Å². The van der Waals surface area contributed by atoms with Crippen LogP contribution < -0.4 is 0 Å². The van der Waals surface area contributed by atoms with Gasteiger partial charge in [0.1, 0.15) is 5.65 Å². The van der Waals surface area contributed by atoms with E-state index in [0.717, 1.165) is 29.4 Å². The molecule has 0 saturated heterocycles. The minimum atomic E-state index is -5.08. The van der Waals surface area contributed by atoms with E-state index >= 15 is 0 Å². The number of H-pyrrole nitrogens is 1. The van der Waals surface area contributed by atoms with E-state index in [0.29, 0.717) is 12.2 Å². The van der Waals surface area contributed by atoms with Crippen molar-refractivity contribution in [2.75, 3.05) is 0 Å². The Balaban J connectivity index is 0.000000339. The van der Waals surface area contributed by atoms with Crippen molar-refractivity contribution in [1.29, 1.82) is 5.26 Å². The lowest BCUT2D eigenvalue weighted by molar-refractivity contribution is -0.192. The number of nitriles is 1. The number of aromatic amines is 1. The predicted octanol–water partition coefficient (Wildman–Crippen LogP) is 4.49. The fourth-order valence-electron chi connectivity index (χ4n) is 3.86. The second-order valence-corrected chi connectivity index (χ2v) is 7.73. The Kier molecular flexibility index (Phi) is 6.29. The number of halogens is 3. The van der Waals surface area contributed by atoms with Crippen LogP contribution in [-0.4, -0.2) is 42.0 Å². The van der Waals surface area contributed by atoms with Gasteiger partial charge in [0.2, 0.25) is 0 Å². The summed E-state index contributed by atoms with van der Waals surface area (Å²) in [4.78, 5) is 21.0. The standard InChI is InChI=1S/C18H20N6.C2HF3O2/c1-18(6-2-3-7-18)15(4-8-19)24-12-14(11-22-24)17-21-10-13-5-9-20-16(13)23-17;3-2(4,5)1(6)7/h5,9-12,15H,2-4,6-7H2,1H3,(H,20,21,23);(H,6,7). The summed E-state index contributed by atoms with van der Waals surface area (Å²) in [6.45, 7) is 2.28. The molecule has 1 atom stereocenters. The average molecular weight is 434 g/mol. The van der Waals surface area contributed by atoms with Crippen molar-refractivity contribution in [2.24, 2.45) is 5.41 Å². The van der Waals surface area contributed by atoms with Crippen LogP contribution in [0, 0.1) is 16.7 Å². The van der Waals surface area contributed by atoms with E-state index in [1.807, 2.05) is 29.3 Å².